The summed E-state index contributed by atoms with van der Waals surface area (Å²) in [6.45, 7) is 2.27. The van der Waals surface area contributed by atoms with Gasteiger partial charge in [-0.1, -0.05) is 103 Å². The molecule has 0 fully saturated rings. The lowest BCUT2D eigenvalue weighted by molar-refractivity contribution is -0.115. The van der Waals surface area contributed by atoms with Crippen LogP contribution in [0.2, 0.25) is 0 Å². The number of hydrogen-bond donors (Lipinski definition) is 3. The molecule has 8 heteroatoms. The molecule has 248 valence electrons. The molecule has 0 bridgehead atoms. The van der Waals surface area contributed by atoms with Gasteiger partial charge in [0.25, 0.3) is 11.8 Å². The van der Waals surface area contributed by atoms with Crippen molar-refractivity contribution in [2.24, 2.45) is 0 Å². The largest absolute Gasteiger partial charge is 0.489 e. The summed E-state index contributed by atoms with van der Waals surface area (Å²) < 4.78 is 5.90. The van der Waals surface area contributed by atoms with E-state index in [2.05, 4.69) is 16.0 Å². The third-order valence-corrected chi connectivity index (χ3v) is 8.88. The Labute approximate surface area is 295 Å². The monoisotopic (exact) mass is 677 g/mol. The van der Waals surface area contributed by atoms with E-state index in [1.165, 1.54) is 11.8 Å². The molecule has 0 saturated carbocycles. The second-order valence-electron chi connectivity index (χ2n) is 11.5. The Morgan fingerprint density at radius 3 is 2.18 bits per heavy atom. The van der Waals surface area contributed by atoms with Crippen molar-refractivity contribution in [2.45, 2.75) is 23.7 Å². The standard InChI is InChI=1S/C42H35N3O4S/c1-29(40(46)44-38-21-10-17-32-14-8-9-20-37(32)38)50-36-19-11-18-34(27-36)43-42(48)39(45-41(47)33-15-6-3-7-16-33)26-30-22-24-35(25-23-30)49-28-31-12-4-2-5-13-31/h2-27,29H,28H2,1H3,(H,43,48)(H,44,46)(H,45,47)/b39-26+. The highest BCUT2D eigenvalue weighted by molar-refractivity contribution is 8.00. The molecule has 7 nitrogen and oxygen atoms in total. The maximum Gasteiger partial charge on any atom is 0.272 e. The van der Waals surface area contributed by atoms with Gasteiger partial charge in [-0.05, 0) is 78.0 Å². The van der Waals surface area contributed by atoms with Crippen molar-refractivity contribution < 1.29 is 19.1 Å². The van der Waals surface area contributed by atoms with E-state index in [4.69, 9.17) is 4.74 Å². The molecule has 1 unspecified atom stereocenters. The molecule has 0 radical (unpaired) electrons. The maximum absolute atomic E-state index is 13.7. The fraction of sp³-hybridized carbons (Fsp3) is 0.0714. The van der Waals surface area contributed by atoms with Crippen LogP contribution in [0.3, 0.4) is 0 Å². The number of nitrogens with one attached hydrogen (secondary N) is 3. The van der Waals surface area contributed by atoms with Gasteiger partial charge in [0.2, 0.25) is 5.91 Å². The first-order valence-corrected chi connectivity index (χ1v) is 17.0. The van der Waals surface area contributed by atoms with Crippen molar-refractivity contribution in [2.75, 3.05) is 10.6 Å². The molecular formula is C42H35N3O4S. The summed E-state index contributed by atoms with van der Waals surface area (Å²) >= 11 is 1.38. The van der Waals surface area contributed by atoms with Crippen LogP contribution in [-0.4, -0.2) is 23.0 Å². The third kappa shape index (κ3) is 9.06. The van der Waals surface area contributed by atoms with Crippen LogP contribution < -0.4 is 20.7 Å². The summed E-state index contributed by atoms with van der Waals surface area (Å²) in [5.74, 6) is -0.362. The maximum atomic E-state index is 13.7. The average molecular weight is 678 g/mol. The number of rotatable bonds is 12. The molecule has 6 aromatic carbocycles. The van der Waals surface area contributed by atoms with Gasteiger partial charge < -0.3 is 20.7 Å². The van der Waals surface area contributed by atoms with E-state index >= 15 is 0 Å². The van der Waals surface area contributed by atoms with Crippen molar-refractivity contribution in [3.8, 4) is 5.75 Å². The van der Waals surface area contributed by atoms with E-state index in [1.54, 1.807) is 42.5 Å². The lowest BCUT2D eigenvalue weighted by Crippen LogP contribution is -2.30. The summed E-state index contributed by atoms with van der Waals surface area (Å²) in [4.78, 5) is 40.8. The summed E-state index contributed by atoms with van der Waals surface area (Å²) in [5, 5.41) is 10.4. The number of carbonyl (C=O) groups is 3. The molecular weight excluding hydrogens is 643 g/mol. The predicted molar refractivity (Wildman–Crippen MR) is 202 cm³/mol. The first kappa shape index (κ1) is 33.8. The molecule has 0 aliphatic carbocycles. The number of ether oxygens (including phenoxy) is 1. The number of fused-ring (bicyclic) bond motifs is 1. The lowest BCUT2D eigenvalue weighted by atomic mass is 10.1. The Bertz CT molecular complexity index is 2130. The summed E-state index contributed by atoms with van der Waals surface area (Å²) in [5.41, 5.74) is 3.52. The first-order chi connectivity index (χ1) is 24.4. The topological polar surface area (TPSA) is 96.5 Å². The van der Waals surface area contributed by atoms with Crippen LogP contribution in [0, 0.1) is 0 Å². The smallest absolute Gasteiger partial charge is 0.272 e. The van der Waals surface area contributed by atoms with Gasteiger partial charge in [0.15, 0.2) is 0 Å². The van der Waals surface area contributed by atoms with E-state index < -0.39 is 17.1 Å². The Balaban J connectivity index is 1.14. The zero-order valence-electron chi connectivity index (χ0n) is 27.3. The van der Waals surface area contributed by atoms with Gasteiger partial charge in [0.05, 0.1) is 5.25 Å². The highest BCUT2D eigenvalue weighted by atomic mass is 32.2. The Hall–Kier alpha value is -6.12. The molecule has 3 N–H and O–H groups in total. The fourth-order valence-corrected chi connectivity index (χ4v) is 6.11. The molecule has 1 atom stereocenters. The highest BCUT2D eigenvalue weighted by Crippen LogP contribution is 2.29. The molecule has 3 amide bonds. The van der Waals surface area contributed by atoms with Crippen molar-refractivity contribution in [3.63, 3.8) is 0 Å². The van der Waals surface area contributed by atoms with Gasteiger partial charge in [-0.15, -0.1) is 11.8 Å². The number of hydrogen-bond acceptors (Lipinski definition) is 5. The lowest BCUT2D eigenvalue weighted by Gasteiger charge is -2.15. The molecule has 0 spiro atoms. The molecule has 50 heavy (non-hydrogen) atoms. The normalized spacial score (nSPS) is 11.7. The van der Waals surface area contributed by atoms with Gasteiger partial charge >= 0.3 is 0 Å². The zero-order valence-corrected chi connectivity index (χ0v) is 28.2. The quantitative estimate of drug-likeness (QED) is 0.0888. The van der Waals surface area contributed by atoms with Crippen LogP contribution in [0.4, 0.5) is 11.4 Å². The van der Waals surface area contributed by atoms with E-state index in [-0.39, 0.29) is 11.6 Å². The minimum atomic E-state index is -0.498. The van der Waals surface area contributed by atoms with E-state index in [0.29, 0.717) is 29.2 Å². The van der Waals surface area contributed by atoms with Crippen LogP contribution in [0.1, 0.15) is 28.4 Å². The van der Waals surface area contributed by atoms with Crippen molar-refractivity contribution in [1.82, 2.24) is 5.32 Å². The van der Waals surface area contributed by atoms with Crippen molar-refractivity contribution >= 4 is 57.7 Å². The first-order valence-electron chi connectivity index (χ1n) is 16.1. The SMILES string of the molecule is CC(Sc1cccc(NC(=O)/C(=C\c2ccc(OCc3ccccc3)cc2)NC(=O)c2ccccc2)c1)C(=O)Nc1cccc2ccccc12. The average Bonchev–Trinajstić information content (AvgIpc) is 3.15. The molecule has 6 aromatic rings. The summed E-state index contributed by atoms with van der Waals surface area (Å²) in [7, 11) is 0. The second kappa shape index (κ2) is 16.3. The predicted octanol–water partition coefficient (Wildman–Crippen LogP) is 8.95. The van der Waals surface area contributed by atoms with E-state index in [0.717, 1.165) is 26.9 Å². The number of anilines is 2. The van der Waals surface area contributed by atoms with Gasteiger partial charge in [-0.2, -0.15) is 0 Å². The molecule has 0 aliphatic heterocycles. The second-order valence-corrected chi connectivity index (χ2v) is 12.9. The van der Waals surface area contributed by atoms with Crippen LogP contribution in [-0.2, 0) is 16.2 Å². The third-order valence-electron chi connectivity index (χ3n) is 7.79. The zero-order chi connectivity index (χ0) is 34.7. The van der Waals surface area contributed by atoms with E-state index in [9.17, 15) is 14.4 Å². The number of carbonyl (C=O) groups excluding carboxylic acids is 3. The molecule has 0 heterocycles. The number of thioether (sulfide) groups is 1. The molecule has 0 saturated heterocycles. The number of amides is 3. The van der Waals surface area contributed by atoms with Crippen LogP contribution in [0.15, 0.2) is 162 Å². The fourth-order valence-electron chi connectivity index (χ4n) is 5.18. The Kier molecular flexibility index (Phi) is 11.0. The van der Waals surface area contributed by atoms with Crippen molar-refractivity contribution in [1.29, 1.82) is 0 Å². The summed E-state index contributed by atoms with van der Waals surface area (Å²) in [6, 6.07) is 46.9. The molecule has 0 aromatic heterocycles. The Morgan fingerprint density at radius 1 is 0.720 bits per heavy atom. The van der Waals surface area contributed by atoms with Gasteiger partial charge in [-0.25, -0.2) is 0 Å². The van der Waals surface area contributed by atoms with Gasteiger partial charge in [0, 0.05) is 27.2 Å². The van der Waals surface area contributed by atoms with Crippen LogP contribution in [0.25, 0.3) is 16.8 Å². The minimum absolute atomic E-state index is 0.0673. The molecule has 0 aliphatic rings. The highest BCUT2D eigenvalue weighted by Gasteiger charge is 2.18. The minimum Gasteiger partial charge on any atom is -0.489 e. The van der Waals surface area contributed by atoms with Gasteiger partial charge in [-0.3, -0.25) is 14.4 Å². The summed E-state index contributed by atoms with van der Waals surface area (Å²) in [6.07, 6.45) is 1.62. The van der Waals surface area contributed by atoms with Gasteiger partial charge in [0.1, 0.15) is 18.1 Å². The molecule has 6 rings (SSSR count). The van der Waals surface area contributed by atoms with E-state index in [1.807, 2.05) is 122 Å². The Morgan fingerprint density at radius 2 is 1.40 bits per heavy atom. The van der Waals surface area contributed by atoms with Crippen molar-refractivity contribution in [3.05, 3.63) is 174 Å². The van der Waals surface area contributed by atoms with Crippen LogP contribution >= 0.6 is 11.8 Å². The number of benzene rings is 6. The van der Waals surface area contributed by atoms with Crippen LogP contribution in [0.5, 0.6) is 5.75 Å².